The molecule has 1 aliphatic heterocycles. The fraction of sp³-hybridized carbons (Fsp3) is 0.600. The zero-order valence-corrected chi connectivity index (χ0v) is 16.6. The molecule has 1 aromatic rings. The maximum absolute atomic E-state index is 12.8. The van der Waals surface area contributed by atoms with Crippen LogP contribution in [0.2, 0.25) is 0 Å². The lowest BCUT2D eigenvalue weighted by Crippen LogP contribution is -2.45. The van der Waals surface area contributed by atoms with Crippen LogP contribution in [0.4, 0.5) is 0 Å². The van der Waals surface area contributed by atoms with Crippen molar-refractivity contribution in [1.29, 1.82) is 0 Å². The molecule has 2 rings (SSSR count). The van der Waals surface area contributed by atoms with Gasteiger partial charge in [-0.15, -0.1) is 0 Å². The normalized spacial score (nSPS) is 22.7. The Balaban J connectivity index is 2.38. The number of benzene rings is 1. The van der Waals surface area contributed by atoms with Crippen LogP contribution in [0.1, 0.15) is 39.2 Å². The molecule has 0 N–H and O–H groups in total. The molecule has 0 saturated carbocycles. The van der Waals surface area contributed by atoms with Gasteiger partial charge in [-0.05, 0) is 33.3 Å². The molecular formula is C20H29NO6. The summed E-state index contributed by atoms with van der Waals surface area (Å²) in [6.07, 6.45) is -0.689. The highest BCUT2D eigenvalue weighted by Gasteiger charge is 2.45. The molecule has 0 amide bonds. The average molecular weight is 379 g/mol. The summed E-state index contributed by atoms with van der Waals surface area (Å²) in [4.78, 5) is 18.4. The first kappa shape index (κ1) is 21.3. The zero-order chi connectivity index (χ0) is 19.9. The summed E-state index contributed by atoms with van der Waals surface area (Å²) in [5.74, 6) is -2.27. The van der Waals surface area contributed by atoms with Crippen LogP contribution in [0.15, 0.2) is 35.5 Å². The van der Waals surface area contributed by atoms with Crippen LogP contribution in [0, 0.1) is 5.92 Å². The second kappa shape index (κ2) is 9.82. The van der Waals surface area contributed by atoms with Gasteiger partial charge in [0.15, 0.2) is 5.79 Å². The van der Waals surface area contributed by atoms with Gasteiger partial charge in [-0.2, -0.15) is 0 Å². The van der Waals surface area contributed by atoms with Gasteiger partial charge >= 0.3 is 5.97 Å². The number of carbonyl (C=O) groups is 1. The van der Waals surface area contributed by atoms with Crippen molar-refractivity contribution in [1.82, 2.24) is 0 Å². The van der Waals surface area contributed by atoms with Crippen molar-refractivity contribution in [3.8, 4) is 0 Å². The summed E-state index contributed by atoms with van der Waals surface area (Å²) in [5.41, 5.74) is 1.36. The lowest BCUT2D eigenvalue weighted by atomic mass is 9.81. The molecule has 27 heavy (non-hydrogen) atoms. The van der Waals surface area contributed by atoms with E-state index in [1.807, 2.05) is 37.3 Å². The van der Waals surface area contributed by atoms with E-state index in [1.165, 1.54) is 0 Å². The Bertz CT molecular complexity index is 631. The monoisotopic (exact) mass is 379 g/mol. The molecule has 7 heteroatoms. The number of ether oxygens (including phenoxy) is 4. The van der Waals surface area contributed by atoms with Crippen LogP contribution in [-0.2, 0) is 28.6 Å². The highest BCUT2D eigenvalue weighted by atomic mass is 16.8. The Morgan fingerprint density at radius 3 is 2.48 bits per heavy atom. The highest BCUT2D eigenvalue weighted by Crippen LogP contribution is 2.36. The lowest BCUT2D eigenvalue weighted by molar-refractivity contribution is -0.194. The third-order valence-electron chi connectivity index (χ3n) is 4.40. The first-order valence-corrected chi connectivity index (χ1v) is 9.18. The minimum atomic E-state index is -0.819. The van der Waals surface area contributed by atoms with Crippen LogP contribution in [0.25, 0.3) is 0 Å². The SMILES string of the molecule is CCOC(=O)C1C(COC(C)(C)OC)=NOC(OCC)C1c1ccccc1. The molecule has 150 valence electrons. The Morgan fingerprint density at radius 1 is 1.19 bits per heavy atom. The summed E-state index contributed by atoms with van der Waals surface area (Å²) in [6, 6.07) is 9.62. The number of esters is 1. The summed E-state index contributed by atoms with van der Waals surface area (Å²) < 4.78 is 22.1. The van der Waals surface area contributed by atoms with Crippen LogP contribution in [-0.4, -0.2) is 50.7 Å². The average Bonchev–Trinajstić information content (AvgIpc) is 2.67. The van der Waals surface area contributed by atoms with Crippen molar-refractivity contribution in [2.45, 2.75) is 45.7 Å². The van der Waals surface area contributed by atoms with Gasteiger partial charge in [0.1, 0.15) is 5.92 Å². The number of carbonyl (C=O) groups excluding carboxylic acids is 1. The van der Waals surface area contributed by atoms with E-state index in [2.05, 4.69) is 5.16 Å². The molecule has 0 spiro atoms. The van der Waals surface area contributed by atoms with Gasteiger partial charge in [-0.1, -0.05) is 35.5 Å². The maximum Gasteiger partial charge on any atom is 0.315 e. The first-order chi connectivity index (χ1) is 12.9. The van der Waals surface area contributed by atoms with E-state index in [0.29, 0.717) is 12.3 Å². The fourth-order valence-corrected chi connectivity index (χ4v) is 2.87. The van der Waals surface area contributed by atoms with E-state index in [-0.39, 0.29) is 19.2 Å². The molecule has 1 aliphatic rings. The standard InChI is InChI=1S/C20H29NO6/c1-6-24-18(22)17-15(13-26-20(3,4)23-5)21-27-19(25-7-2)16(17)14-11-9-8-10-12-14/h8-12,16-17,19H,6-7,13H2,1-5H3. The van der Waals surface area contributed by atoms with Crippen LogP contribution < -0.4 is 0 Å². The number of methoxy groups -OCH3 is 1. The third kappa shape index (κ3) is 5.51. The second-order valence-corrected chi connectivity index (χ2v) is 6.57. The van der Waals surface area contributed by atoms with E-state index in [0.717, 1.165) is 5.56 Å². The van der Waals surface area contributed by atoms with Gasteiger partial charge in [0.25, 0.3) is 0 Å². The molecule has 3 unspecified atom stereocenters. The van der Waals surface area contributed by atoms with Gasteiger partial charge < -0.3 is 23.8 Å². The number of hydrogen-bond acceptors (Lipinski definition) is 7. The molecule has 0 radical (unpaired) electrons. The van der Waals surface area contributed by atoms with Crippen molar-refractivity contribution < 1.29 is 28.6 Å². The molecule has 7 nitrogen and oxygen atoms in total. The van der Waals surface area contributed by atoms with E-state index >= 15 is 0 Å². The van der Waals surface area contributed by atoms with Gasteiger partial charge in [-0.25, -0.2) is 0 Å². The van der Waals surface area contributed by atoms with Crippen molar-refractivity contribution in [2.75, 3.05) is 26.9 Å². The van der Waals surface area contributed by atoms with Crippen molar-refractivity contribution in [3.05, 3.63) is 35.9 Å². The van der Waals surface area contributed by atoms with Gasteiger partial charge in [0, 0.05) is 13.7 Å². The smallest absolute Gasteiger partial charge is 0.315 e. The summed E-state index contributed by atoms with van der Waals surface area (Å²) in [5, 5.41) is 4.14. The number of rotatable bonds is 9. The topological polar surface area (TPSA) is 75.6 Å². The second-order valence-electron chi connectivity index (χ2n) is 6.57. The van der Waals surface area contributed by atoms with E-state index in [9.17, 15) is 4.79 Å². The quantitative estimate of drug-likeness (QED) is 0.485. The van der Waals surface area contributed by atoms with E-state index < -0.39 is 23.9 Å². The van der Waals surface area contributed by atoms with Crippen molar-refractivity contribution in [3.63, 3.8) is 0 Å². The third-order valence-corrected chi connectivity index (χ3v) is 4.40. The Hall–Kier alpha value is -1.96. The molecule has 1 aromatic carbocycles. The molecule has 0 aliphatic carbocycles. The van der Waals surface area contributed by atoms with Gasteiger partial charge in [-0.3, -0.25) is 4.79 Å². The largest absolute Gasteiger partial charge is 0.465 e. The number of hydrogen-bond donors (Lipinski definition) is 0. The van der Waals surface area contributed by atoms with Crippen molar-refractivity contribution in [2.24, 2.45) is 11.1 Å². The van der Waals surface area contributed by atoms with Gasteiger partial charge in [0.05, 0.1) is 24.8 Å². The molecule has 0 fully saturated rings. The maximum atomic E-state index is 12.8. The van der Waals surface area contributed by atoms with Crippen LogP contribution in [0.3, 0.4) is 0 Å². The summed E-state index contributed by atoms with van der Waals surface area (Å²) in [7, 11) is 1.56. The molecular weight excluding hydrogens is 350 g/mol. The summed E-state index contributed by atoms with van der Waals surface area (Å²) in [6.45, 7) is 8.00. The Labute approximate surface area is 160 Å². The van der Waals surface area contributed by atoms with Gasteiger partial charge in [0.2, 0.25) is 6.29 Å². The summed E-state index contributed by atoms with van der Waals surface area (Å²) >= 11 is 0. The molecule has 0 aromatic heterocycles. The van der Waals surface area contributed by atoms with Crippen molar-refractivity contribution >= 4 is 11.7 Å². The predicted molar refractivity (Wildman–Crippen MR) is 100 cm³/mol. The number of oxime groups is 1. The highest BCUT2D eigenvalue weighted by molar-refractivity contribution is 6.04. The Morgan fingerprint density at radius 2 is 1.89 bits per heavy atom. The fourth-order valence-electron chi connectivity index (χ4n) is 2.87. The molecule has 0 saturated heterocycles. The minimum Gasteiger partial charge on any atom is -0.465 e. The molecule has 1 heterocycles. The van der Waals surface area contributed by atoms with E-state index in [4.69, 9.17) is 23.8 Å². The minimum absolute atomic E-state index is 0.0759. The lowest BCUT2D eigenvalue weighted by Gasteiger charge is -2.36. The van der Waals surface area contributed by atoms with Crippen LogP contribution in [0.5, 0.6) is 0 Å². The van der Waals surface area contributed by atoms with Crippen LogP contribution >= 0.6 is 0 Å². The molecule has 0 bridgehead atoms. The zero-order valence-electron chi connectivity index (χ0n) is 16.6. The molecule has 3 atom stereocenters. The first-order valence-electron chi connectivity index (χ1n) is 9.18. The predicted octanol–water partition coefficient (Wildman–Crippen LogP) is 3.10. The number of nitrogens with zero attached hydrogens (tertiary/aromatic N) is 1. The Kier molecular flexibility index (Phi) is 7.77. The van der Waals surface area contributed by atoms with E-state index in [1.54, 1.807) is 27.9 Å².